The number of esters is 1. The first-order chi connectivity index (χ1) is 20.2. The first-order valence-electron chi connectivity index (χ1n) is 14.3. The SMILES string of the molecule is C.COC(=O)c1ccc(C2C[C@H]3[C@@H](N2)[C@H](c2cccc(Cl)c2F)[C@]2(C(=O)Nc4cc(Cl)ccc42)N3CC2CCC2)c(N)c1. The smallest absolute Gasteiger partial charge is 0.337 e. The van der Waals surface area contributed by atoms with Crippen LogP contribution in [0.25, 0.3) is 0 Å². The number of hydrogen-bond acceptors (Lipinski definition) is 6. The number of fused-ring (bicyclic) bond motifs is 3. The van der Waals surface area contributed by atoms with Crippen molar-refractivity contribution in [3.63, 3.8) is 0 Å². The van der Waals surface area contributed by atoms with Crippen LogP contribution in [0.1, 0.15) is 72.1 Å². The van der Waals surface area contributed by atoms with Crippen molar-refractivity contribution >= 4 is 46.5 Å². The van der Waals surface area contributed by atoms with E-state index >= 15 is 4.39 Å². The Balaban J connectivity index is 0.00000329. The molecule has 0 radical (unpaired) electrons. The van der Waals surface area contributed by atoms with Crippen LogP contribution in [-0.4, -0.2) is 42.5 Å². The fourth-order valence-electron chi connectivity index (χ4n) is 7.79. The largest absolute Gasteiger partial charge is 0.465 e. The van der Waals surface area contributed by atoms with Crippen LogP contribution in [0.4, 0.5) is 15.8 Å². The molecule has 3 heterocycles. The van der Waals surface area contributed by atoms with E-state index < -0.39 is 23.2 Å². The number of ether oxygens (including phenoxy) is 1. The number of halogens is 3. The molecule has 1 saturated carbocycles. The number of nitrogens with one attached hydrogen (secondary N) is 2. The summed E-state index contributed by atoms with van der Waals surface area (Å²) in [4.78, 5) is 28.8. The molecule has 2 saturated heterocycles. The highest BCUT2D eigenvalue weighted by Crippen LogP contribution is 2.61. The fraction of sp³-hybridized carbons (Fsp3) is 0.394. The monoisotopic (exact) mass is 624 g/mol. The molecule has 1 aliphatic carbocycles. The summed E-state index contributed by atoms with van der Waals surface area (Å²) < 4.78 is 20.9. The van der Waals surface area contributed by atoms with E-state index in [9.17, 15) is 9.59 Å². The number of carbonyl (C=O) groups excluding carboxylic acids is 2. The summed E-state index contributed by atoms with van der Waals surface area (Å²) in [5.41, 5.74) is 8.87. The van der Waals surface area contributed by atoms with Crippen molar-refractivity contribution in [3.05, 3.63) is 92.7 Å². The molecule has 3 aromatic rings. The molecule has 3 aliphatic heterocycles. The minimum Gasteiger partial charge on any atom is -0.465 e. The van der Waals surface area contributed by atoms with Gasteiger partial charge >= 0.3 is 5.97 Å². The van der Waals surface area contributed by atoms with Gasteiger partial charge in [0.2, 0.25) is 5.91 Å². The molecule has 43 heavy (non-hydrogen) atoms. The quantitative estimate of drug-likeness (QED) is 0.217. The third-order valence-corrected chi connectivity index (χ3v) is 10.3. The first kappa shape index (κ1) is 29.9. The number of amides is 1. The Morgan fingerprint density at radius 1 is 1.14 bits per heavy atom. The summed E-state index contributed by atoms with van der Waals surface area (Å²) in [5, 5.41) is 7.40. The zero-order chi connectivity index (χ0) is 29.3. The van der Waals surface area contributed by atoms with Crippen LogP contribution in [0.2, 0.25) is 10.0 Å². The number of benzene rings is 3. The summed E-state index contributed by atoms with van der Waals surface area (Å²) in [6, 6.07) is 15.1. The number of nitrogens with two attached hydrogens (primary N) is 1. The van der Waals surface area contributed by atoms with Gasteiger partial charge in [0, 0.05) is 52.5 Å². The molecular weight excluding hydrogens is 590 g/mol. The number of nitrogen functional groups attached to an aromatic ring is 1. The molecule has 7 nitrogen and oxygen atoms in total. The summed E-state index contributed by atoms with van der Waals surface area (Å²) in [7, 11) is 1.33. The van der Waals surface area contributed by atoms with Crippen LogP contribution in [0.5, 0.6) is 0 Å². The molecule has 0 aromatic heterocycles. The highest BCUT2D eigenvalue weighted by molar-refractivity contribution is 6.31. The van der Waals surface area contributed by atoms with E-state index in [0.29, 0.717) is 46.4 Å². The number of anilines is 2. The molecule has 1 spiro atoms. The Labute approximate surface area is 260 Å². The summed E-state index contributed by atoms with van der Waals surface area (Å²) in [5.74, 6) is -1.31. The van der Waals surface area contributed by atoms with Crippen LogP contribution < -0.4 is 16.4 Å². The summed E-state index contributed by atoms with van der Waals surface area (Å²) in [6.45, 7) is 0.709. The van der Waals surface area contributed by atoms with Crippen molar-refractivity contribution in [1.82, 2.24) is 10.2 Å². The average molecular weight is 626 g/mol. The van der Waals surface area contributed by atoms with Gasteiger partial charge in [0.25, 0.3) is 0 Å². The van der Waals surface area contributed by atoms with Gasteiger partial charge in [0.15, 0.2) is 0 Å². The van der Waals surface area contributed by atoms with Crippen molar-refractivity contribution in [2.75, 3.05) is 24.7 Å². The van der Waals surface area contributed by atoms with Crippen molar-refractivity contribution in [2.45, 2.75) is 62.7 Å². The van der Waals surface area contributed by atoms with E-state index in [2.05, 4.69) is 15.5 Å². The molecule has 7 rings (SSSR count). The van der Waals surface area contributed by atoms with Crippen LogP contribution in [-0.2, 0) is 15.1 Å². The van der Waals surface area contributed by atoms with Crippen molar-refractivity contribution in [1.29, 1.82) is 0 Å². The maximum Gasteiger partial charge on any atom is 0.337 e. The van der Waals surface area contributed by atoms with E-state index in [1.165, 1.54) is 13.2 Å². The normalized spacial score (nSPS) is 27.8. The predicted octanol–water partition coefficient (Wildman–Crippen LogP) is 6.66. The van der Waals surface area contributed by atoms with Gasteiger partial charge < -0.3 is 21.1 Å². The van der Waals surface area contributed by atoms with E-state index in [-0.39, 0.29) is 36.5 Å². The van der Waals surface area contributed by atoms with E-state index in [1.54, 1.807) is 36.4 Å². The Kier molecular flexibility index (Phi) is 7.70. The van der Waals surface area contributed by atoms with Gasteiger partial charge in [0.05, 0.1) is 17.7 Å². The third-order valence-electron chi connectivity index (χ3n) is 9.81. The van der Waals surface area contributed by atoms with Gasteiger partial charge in [-0.15, -0.1) is 0 Å². The Hall–Kier alpha value is -3.17. The average Bonchev–Trinajstić information content (AvgIpc) is 3.56. The van der Waals surface area contributed by atoms with Gasteiger partial charge in [-0.2, -0.15) is 0 Å². The maximum absolute atomic E-state index is 16.0. The molecule has 226 valence electrons. The Morgan fingerprint density at radius 2 is 1.93 bits per heavy atom. The van der Waals surface area contributed by atoms with Gasteiger partial charge in [-0.1, -0.05) is 61.3 Å². The summed E-state index contributed by atoms with van der Waals surface area (Å²) in [6.07, 6.45) is 3.99. The van der Waals surface area contributed by atoms with Crippen LogP contribution in [0.15, 0.2) is 54.6 Å². The number of likely N-dealkylation sites (tertiary alicyclic amines) is 1. The molecule has 10 heteroatoms. The molecule has 1 amide bonds. The standard InChI is InChI=1S/C32H31Cl2FN4O3.CH4/c1-42-30(40)17-8-10-19(23(36)12-17)24-14-26-29(37-24)27(20-6-3-7-22(34)28(20)35)32(39(26)15-16-4-2-5-16)21-11-9-18(33)13-25(21)38-31(32)41;/h3,6-13,16,24,26-27,29,37H,2,4-5,14-15,36H2,1H3,(H,38,41);1H4/t24?,26-,27-,29+,32+;/m0./s1. The first-order valence-corrected chi connectivity index (χ1v) is 15.1. The van der Waals surface area contributed by atoms with Crippen LogP contribution in [0.3, 0.4) is 0 Å². The highest BCUT2D eigenvalue weighted by Gasteiger charge is 2.69. The number of nitrogens with zero attached hydrogens (tertiary/aromatic N) is 1. The van der Waals surface area contributed by atoms with Gasteiger partial charge in [-0.3, -0.25) is 9.69 Å². The molecule has 5 atom stereocenters. The van der Waals surface area contributed by atoms with Crippen molar-refractivity contribution in [3.8, 4) is 0 Å². The molecule has 4 aliphatic rings. The lowest BCUT2D eigenvalue weighted by molar-refractivity contribution is -0.128. The van der Waals surface area contributed by atoms with Crippen molar-refractivity contribution in [2.24, 2.45) is 5.92 Å². The lowest BCUT2D eigenvalue weighted by Crippen LogP contribution is -2.54. The molecule has 4 N–H and O–H groups in total. The van der Waals surface area contributed by atoms with E-state index in [4.69, 9.17) is 33.7 Å². The van der Waals surface area contributed by atoms with E-state index in [0.717, 1.165) is 30.4 Å². The van der Waals surface area contributed by atoms with Gasteiger partial charge in [-0.05, 0) is 66.6 Å². The van der Waals surface area contributed by atoms with Gasteiger partial charge in [-0.25, -0.2) is 9.18 Å². The second-order valence-electron chi connectivity index (χ2n) is 11.9. The van der Waals surface area contributed by atoms with Crippen LogP contribution >= 0.6 is 23.2 Å². The zero-order valence-electron chi connectivity index (χ0n) is 23.0. The summed E-state index contributed by atoms with van der Waals surface area (Å²) >= 11 is 12.7. The Bertz CT molecular complexity index is 1610. The molecule has 3 fully saturated rings. The second-order valence-corrected chi connectivity index (χ2v) is 12.7. The number of carbonyl (C=O) groups is 2. The van der Waals surface area contributed by atoms with Crippen molar-refractivity contribution < 1.29 is 18.7 Å². The number of methoxy groups -OCH3 is 1. The highest BCUT2D eigenvalue weighted by atomic mass is 35.5. The number of hydrogen-bond donors (Lipinski definition) is 3. The maximum atomic E-state index is 16.0. The minimum atomic E-state index is -1.16. The number of rotatable bonds is 5. The minimum absolute atomic E-state index is 0. The molecule has 1 unspecified atom stereocenters. The fourth-order valence-corrected chi connectivity index (χ4v) is 8.14. The Morgan fingerprint density at radius 3 is 2.63 bits per heavy atom. The zero-order valence-corrected chi connectivity index (χ0v) is 24.5. The second kappa shape index (κ2) is 11.1. The van der Waals surface area contributed by atoms with E-state index in [1.807, 2.05) is 12.1 Å². The predicted molar refractivity (Wildman–Crippen MR) is 167 cm³/mol. The molecule has 3 aromatic carbocycles. The lowest BCUT2D eigenvalue weighted by Gasteiger charge is -2.43. The van der Waals surface area contributed by atoms with Gasteiger partial charge in [0.1, 0.15) is 11.4 Å². The topological polar surface area (TPSA) is 96.7 Å². The lowest BCUT2D eigenvalue weighted by atomic mass is 9.73. The molecular formula is C33H35Cl2FN4O3. The third kappa shape index (κ3) is 4.45. The van der Waals surface area contributed by atoms with Crippen LogP contribution in [0, 0.1) is 11.7 Å². The molecule has 0 bridgehead atoms.